The number of carboxylic acid groups (broad SMARTS) is 1. The Hall–Kier alpha value is -2.82. The summed E-state index contributed by atoms with van der Waals surface area (Å²) in [4.78, 5) is 24.1. The number of hydrogen-bond acceptors (Lipinski definition) is 2. The van der Waals surface area contributed by atoms with Crippen molar-refractivity contribution in [3.8, 4) is 0 Å². The quantitative estimate of drug-likeness (QED) is 0.542. The molecule has 0 radical (unpaired) electrons. The molecule has 142 valence electrons. The Morgan fingerprint density at radius 1 is 0.821 bits per heavy atom. The van der Waals surface area contributed by atoms with Crippen LogP contribution in [0.1, 0.15) is 31.8 Å². The topological polar surface area (TPSA) is 66.4 Å². The SMILES string of the molecule is O=C(Nc1cc(CCc2ccccc2)ccc1C(=O)O)c1ccc(Cl)c(Cl)c1. The highest BCUT2D eigenvalue weighted by Gasteiger charge is 2.15. The second-order valence-corrected chi connectivity index (χ2v) is 7.07. The van der Waals surface area contributed by atoms with Gasteiger partial charge in [0.25, 0.3) is 5.91 Å². The molecule has 0 aromatic heterocycles. The highest BCUT2D eigenvalue weighted by atomic mass is 35.5. The summed E-state index contributed by atoms with van der Waals surface area (Å²) in [6, 6.07) is 19.5. The molecule has 0 fully saturated rings. The summed E-state index contributed by atoms with van der Waals surface area (Å²) in [6.07, 6.45) is 1.53. The minimum absolute atomic E-state index is 0.0249. The molecule has 0 aliphatic heterocycles. The van der Waals surface area contributed by atoms with Crippen molar-refractivity contribution < 1.29 is 14.7 Å². The van der Waals surface area contributed by atoms with E-state index in [1.807, 2.05) is 30.3 Å². The first-order valence-corrected chi connectivity index (χ1v) is 9.36. The maximum absolute atomic E-state index is 12.5. The van der Waals surface area contributed by atoms with Crippen LogP contribution in [0.5, 0.6) is 0 Å². The maximum atomic E-state index is 12.5. The van der Waals surface area contributed by atoms with Gasteiger partial charge in [-0.3, -0.25) is 4.79 Å². The molecule has 4 nitrogen and oxygen atoms in total. The van der Waals surface area contributed by atoms with Crippen LogP contribution in [0.4, 0.5) is 5.69 Å². The van der Waals surface area contributed by atoms with E-state index in [0.29, 0.717) is 10.6 Å². The number of carbonyl (C=O) groups excluding carboxylic acids is 1. The first-order valence-electron chi connectivity index (χ1n) is 8.60. The zero-order valence-corrected chi connectivity index (χ0v) is 16.3. The van der Waals surface area contributed by atoms with Gasteiger partial charge >= 0.3 is 5.97 Å². The lowest BCUT2D eigenvalue weighted by Crippen LogP contribution is -2.15. The molecule has 0 heterocycles. The fourth-order valence-corrected chi connectivity index (χ4v) is 3.10. The van der Waals surface area contributed by atoms with E-state index in [9.17, 15) is 14.7 Å². The van der Waals surface area contributed by atoms with Crippen molar-refractivity contribution in [3.05, 3.63) is 99.0 Å². The third-order valence-electron chi connectivity index (χ3n) is 4.29. The third kappa shape index (κ3) is 4.91. The summed E-state index contributed by atoms with van der Waals surface area (Å²) in [5, 5.41) is 12.7. The molecule has 0 bridgehead atoms. The van der Waals surface area contributed by atoms with Crippen LogP contribution < -0.4 is 5.32 Å². The van der Waals surface area contributed by atoms with Crippen LogP contribution in [0.3, 0.4) is 0 Å². The van der Waals surface area contributed by atoms with E-state index in [0.717, 1.165) is 18.4 Å². The molecule has 0 aliphatic carbocycles. The van der Waals surface area contributed by atoms with E-state index >= 15 is 0 Å². The van der Waals surface area contributed by atoms with E-state index < -0.39 is 11.9 Å². The highest BCUT2D eigenvalue weighted by Crippen LogP contribution is 2.24. The largest absolute Gasteiger partial charge is 0.478 e. The van der Waals surface area contributed by atoms with E-state index in [-0.39, 0.29) is 16.3 Å². The first-order chi connectivity index (χ1) is 13.4. The molecule has 3 aromatic rings. The Bertz CT molecular complexity index is 1020. The van der Waals surface area contributed by atoms with Gasteiger partial charge in [-0.1, -0.05) is 59.6 Å². The van der Waals surface area contributed by atoms with Crippen LogP contribution in [0, 0.1) is 0 Å². The van der Waals surface area contributed by atoms with Gasteiger partial charge in [0, 0.05) is 5.56 Å². The smallest absolute Gasteiger partial charge is 0.337 e. The highest BCUT2D eigenvalue weighted by molar-refractivity contribution is 6.42. The van der Waals surface area contributed by atoms with Gasteiger partial charge in [0.1, 0.15) is 0 Å². The summed E-state index contributed by atoms with van der Waals surface area (Å²) < 4.78 is 0. The minimum Gasteiger partial charge on any atom is -0.478 e. The van der Waals surface area contributed by atoms with Crippen molar-refractivity contribution in [3.63, 3.8) is 0 Å². The Labute approximate surface area is 172 Å². The number of carbonyl (C=O) groups is 2. The number of carboxylic acids is 1. The predicted molar refractivity (Wildman–Crippen MR) is 112 cm³/mol. The van der Waals surface area contributed by atoms with Gasteiger partial charge in [-0.25, -0.2) is 4.79 Å². The standard InChI is InChI=1S/C22H17Cl2NO3/c23-18-11-9-16(13-19(18)24)21(26)25-20-12-15(8-10-17(20)22(27)28)7-6-14-4-2-1-3-5-14/h1-5,8-13H,6-7H2,(H,25,26)(H,27,28). The van der Waals surface area contributed by atoms with Crippen LogP contribution in [-0.2, 0) is 12.8 Å². The number of anilines is 1. The fraction of sp³-hybridized carbons (Fsp3) is 0.0909. The van der Waals surface area contributed by atoms with Gasteiger partial charge in [0.15, 0.2) is 0 Å². The molecule has 0 atom stereocenters. The number of nitrogens with one attached hydrogen (secondary N) is 1. The van der Waals surface area contributed by atoms with Crippen molar-refractivity contribution in [2.45, 2.75) is 12.8 Å². The number of aryl methyl sites for hydroxylation is 2. The molecule has 6 heteroatoms. The summed E-state index contributed by atoms with van der Waals surface area (Å²) in [7, 11) is 0. The van der Waals surface area contributed by atoms with Gasteiger partial charge in [-0.05, 0) is 54.3 Å². The molecule has 0 unspecified atom stereocenters. The van der Waals surface area contributed by atoms with Crippen LogP contribution in [0.2, 0.25) is 10.0 Å². The lowest BCUT2D eigenvalue weighted by Gasteiger charge is -2.11. The molecule has 1 amide bonds. The van der Waals surface area contributed by atoms with Crippen molar-refractivity contribution in [1.82, 2.24) is 0 Å². The van der Waals surface area contributed by atoms with Crippen molar-refractivity contribution >= 4 is 40.8 Å². The lowest BCUT2D eigenvalue weighted by molar-refractivity contribution is 0.0698. The molecule has 0 spiro atoms. The van der Waals surface area contributed by atoms with E-state index in [4.69, 9.17) is 23.2 Å². The zero-order chi connectivity index (χ0) is 20.1. The van der Waals surface area contributed by atoms with Crippen LogP contribution >= 0.6 is 23.2 Å². The summed E-state index contributed by atoms with van der Waals surface area (Å²) in [5.41, 5.74) is 2.68. The van der Waals surface area contributed by atoms with Crippen LogP contribution in [0.15, 0.2) is 66.7 Å². The Balaban J connectivity index is 1.82. The molecule has 2 N–H and O–H groups in total. The van der Waals surface area contributed by atoms with Crippen molar-refractivity contribution in [2.24, 2.45) is 0 Å². The molecule has 0 saturated carbocycles. The molecule has 0 saturated heterocycles. The van der Waals surface area contributed by atoms with Crippen LogP contribution in [-0.4, -0.2) is 17.0 Å². The van der Waals surface area contributed by atoms with Gasteiger partial charge < -0.3 is 10.4 Å². The first kappa shape index (κ1) is 19.9. The second kappa shape index (κ2) is 8.91. The molecular formula is C22H17Cl2NO3. The summed E-state index contributed by atoms with van der Waals surface area (Å²) in [5.74, 6) is -1.57. The average molecular weight is 414 g/mol. The summed E-state index contributed by atoms with van der Waals surface area (Å²) in [6.45, 7) is 0. The average Bonchev–Trinajstić information content (AvgIpc) is 2.69. The van der Waals surface area contributed by atoms with Crippen molar-refractivity contribution in [1.29, 1.82) is 0 Å². The van der Waals surface area contributed by atoms with Gasteiger partial charge in [-0.15, -0.1) is 0 Å². The second-order valence-electron chi connectivity index (χ2n) is 6.25. The molecule has 28 heavy (non-hydrogen) atoms. The predicted octanol–water partition coefficient (Wildman–Crippen LogP) is 5.73. The minimum atomic E-state index is -1.11. The number of hydrogen-bond donors (Lipinski definition) is 2. The lowest BCUT2D eigenvalue weighted by atomic mass is 10.0. The molecule has 3 rings (SSSR count). The van der Waals surface area contributed by atoms with E-state index in [1.165, 1.54) is 29.8 Å². The van der Waals surface area contributed by atoms with Gasteiger partial charge in [-0.2, -0.15) is 0 Å². The number of rotatable bonds is 6. The zero-order valence-electron chi connectivity index (χ0n) is 14.8. The Morgan fingerprint density at radius 3 is 2.21 bits per heavy atom. The van der Waals surface area contributed by atoms with E-state index in [2.05, 4.69) is 5.32 Å². The Morgan fingerprint density at radius 2 is 1.54 bits per heavy atom. The summed E-state index contributed by atoms with van der Waals surface area (Å²) >= 11 is 11.8. The van der Waals surface area contributed by atoms with Gasteiger partial charge in [0.05, 0.1) is 21.3 Å². The number of amides is 1. The van der Waals surface area contributed by atoms with E-state index in [1.54, 1.807) is 12.1 Å². The monoisotopic (exact) mass is 413 g/mol. The van der Waals surface area contributed by atoms with Crippen LogP contribution in [0.25, 0.3) is 0 Å². The third-order valence-corrected chi connectivity index (χ3v) is 5.03. The molecule has 3 aromatic carbocycles. The van der Waals surface area contributed by atoms with Crippen molar-refractivity contribution in [2.75, 3.05) is 5.32 Å². The number of benzene rings is 3. The maximum Gasteiger partial charge on any atom is 0.337 e. The number of aromatic carboxylic acids is 1. The Kier molecular flexibility index (Phi) is 6.34. The number of halogens is 2. The fourth-order valence-electron chi connectivity index (χ4n) is 2.80. The normalized spacial score (nSPS) is 10.5. The molecule has 0 aliphatic rings. The molecular weight excluding hydrogens is 397 g/mol. The van der Waals surface area contributed by atoms with Gasteiger partial charge in [0.2, 0.25) is 0 Å².